The second-order valence-corrected chi connectivity index (χ2v) is 5.68. The first-order chi connectivity index (χ1) is 10.6. The van der Waals surface area contributed by atoms with Gasteiger partial charge in [0.05, 0.1) is 0 Å². The highest BCUT2D eigenvalue weighted by Crippen LogP contribution is 2.25. The van der Waals surface area contributed by atoms with Crippen molar-refractivity contribution in [3.05, 3.63) is 41.3 Å². The van der Waals surface area contributed by atoms with Crippen LogP contribution in [0.4, 0.5) is 10.2 Å². The van der Waals surface area contributed by atoms with Crippen LogP contribution in [0.15, 0.2) is 24.3 Å². The lowest BCUT2D eigenvalue weighted by Crippen LogP contribution is -2.29. The summed E-state index contributed by atoms with van der Waals surface area (Å²) in [6.45, 7) is 7.94. The number of anilines is 1. The summed E-state index contributed by atoms with van der Waals surface area (Å²) in [5.41, 5.74) is 2.76. The highest BCUT2D eigenvalue weighted by molar-refractivity contribution is 5.60. The lowest BCUT2D eigenvalue weighted by atomic mass is 10.1. The maximum absolute atomic E-state index is 13.5. The molecular weight excluding hydrogens is 279 g/mol. The number of hydrogen-bond acceptors (Lipinski definition) is 4. The molecule has 0 unspecified atom stereocenters. The molecule has 1 saturated heterocycles. The summed E-state index contributed by atoms with van der Waals surface area (Å²) >= 11 is 0. The molecular formula is C17H21FN4. The number of nitrogens with one attached hydrogen (secondary N) is 1. The number of aromatic nitrogens is 2. The van der Waals surface area contributed by atoms with Crippen LogP contribution >= 0.6 is 0 Å². The molecule has 1 aliphatic heterocycles. The highest BCUT2D eigenvalue weighted by Gasteiger charge is 2.17. The number of aryl methyl sites for hydroxylation is 1. The number of rotatable bonds is 2. The Balaban J connectivity index is 2.03. The van der Waals surface area contributed by atoms with Gasteiger partial charge in [0.15, 0.2) is 5.82 Å². The van der Waals surface area contributed by atoms with Gasteiger partial charge in [-0.25, -0.2) is 14.4 Å². The minimum absolute atomic E-state index is 0.264. The van der Waals surface area contributed by atoms with Gasteiger partial charge in [-0.15, -0.1) is 0 Å². The molecule has 0 spiro atoms. The van der Waals surface area contributed by atoms with Gasteiger partial charge >= 0.3 is 0 Å². The molecule has 22 heavy (non-hydrogen) atoms. The summed E-state index contributed by atoms with van der Waals surface area (Å²) in [4.78, 5) is 11.6. The van der Waals surface area contributed by atoms with E-state index in [0.717, 1.165) is 55.2 Å². The molecule has 5 heteroatoms. The molecule has 1 aliphatic rings. The van der Waals surface area contributed by atoms with Crippen LogP contribution in [0.25, 0.3) is 11.4 Å². The summed E-state index contributed by atoms with van der Waals surface area (Å²) in [6, 6.07) is 6.46. The number of benzene rings is 1. The van der Waals surface area contributed by atoms with Crippen LogP contribution < -0.4 is 10.2 Å². The van der Waals surface area contributed by atoms with Crippen molar-refractivity contribution in [2.75, 3.05) is 31.1 Å². The molecule has 0 radical (unpaired) electrons. The van der Waals surface area contributed by atoms with E-state index in [0.29, 0.717) is 5.82 Å². The Morgan fingerprint density at radius 3 is 2.82 bits per heavy atom. The molecule has 2 aromatic rings. The molecule has 1 fully saturated rings. The maximum Gasteiger partial charge on any atom is 0.161 e. The standard InChI is InChI=1S/C17H21FN4/c1-12-13(2)20-16(14-5-3-6-15(18)11-14)21-17(12)22-9-4-7-19-8-10-22/h3,5-6,11,19H,4,7-10H2,1-2H3. The molecule has 0 amide bonds. The number of halogens is 1. The lowest BCUT2D eigenvalue weighted by Gasteiger charge is -2.24. The molecule has 0 bridgehead atoms. The fourth-order valence-electron chi connectivity index (χ4n) is 2.74. The third-order valence-corrected chi connectivity index (χ3v) is 4.09. The summed E-state index contributed by atoms with van der Waals surface area (Å²) in [5, 5.41) is 3.40. The van der Waals surface area contributed by atoms with Gasteiger partial charge in [0.2, 0.25) is 0 Å². The van der Waals surface area contributed by atoms with E-state index in [1.165, 1.54) is 12.1 Å². The Labute approximate surface area is 130 Å². The van der Waals surface area contributed by atoms with Crippen LogP contribution in [-0.2, 0) is 0 Å². The smallest absolute Gasteiger partial charge is 0.161 e. The molecule has 116 valence electrons. The first-order valence-electron chi connectivity index (χ1n) is 7.72. The van der Waals surface area contributed by atoms with Crippen LogP contribution in [0.3, 0.4) is 0 Å². The van der Waals surface area contributed by atoms with Gasteiger partial charge < -0.3 is 10.2 Å². The van der Waals surface area contributed by atoms with E-state index in [-0.39, 0.29) is 5.82 Å². The van der Waals surface area contributed by atoms with Crippen molar-refractivity contribution in [3.63, 3.8) is 0 Å². The molecule has 2 heterocycles. The van der Waals surface area contributed by atoms with Crippen LogP contribution in [0.5, 0.6) is 0 Å². The zero-order valence-corrected chi connectivity index (χ0v) is 13.1. The van der Waals surface area contributed by atoms with Gasteiger partial charge in [0, 0.05) is 36.5 Å². The first kappa shape index (κ1) is 14.9. The van der Waals surface area contributed by atoms with E-state index in [9.17, 15) is 4.39 Å². The Kier molecular flexibility index (Phi) is 4.34. The zero-order chi connectivity index (χ0) is 15.5. The molecule has 4 nitrogen and oxygen atoms in total. The maximum atomic E-state index is 13.5. The van der Waals surface area contributed by atoms with E-state index in [4.69, 9.17) is 4.98 Å². The highest BCUT2D eigenvalue weighted by atomic mass is 19.1. The van der Waals surface area contributed by atoms with Crippen molar-refractivity contribution in [2.45, 2.75) is 20.3 Å². The van der Waals surface area contributed by atoms with Crippen LogP contribution in [0.2, 0.25) is 0 Å². The molecule has 3 rings (SSSR count). The van der Waals surface area contributed by atoms with Gasteiger partial charge in [0.1, 0.15) is 11.6 Å². The average molecular weight is 300 g/mol. The molecule has 1 aromatic carbocycles. The normalized spacial score (nSPS) is 15.7. The van der Waals surface area contributed by atoms with Crippen molar-refractivity contribution >= 4 is 5.82 Å². The molecule has 0 saturated carbocycles. The Morgan fingerprint density at radius 2 is 2.00 bits per heavy atom. The molecule has 0 atom stereocenters. The van der Waals surface area contributed by atoms with Crippen molar-refractivity contribution in [3.8, 4) is 11.4 Å². The Hall–Kier alpha value is -2.01. The predicted molar refractivity (Wildman–Crippen MR) is 86.6 cm³/mol. The van der Waals surface area contributed by atoms with Crippen molar-refractivity contribution in [1.29, 1.82) is 0 Å². The second kappa shape index (κ2) is 6.40. The molecule has 1 aromatic heterocycles. The third kappa shape index (κ3) is 3.09. The van der Waals surface area contributed by atoms with E-state index >= 15 is 0 Å². The second-order valence-electron chi connectivity index (χ2n) is 5.68. The summed E-state index contributed by atoms with van der Waals surface area (Å²) in [6.07, 6.45) is 1.10. The number of hydrogen-bond donors (Lipinski definition) is 1. The summed E-state index contributed by atoms with van der Waals surface area (Å²) in [5.74, 6) is 1.30. The zero-order valence-electron chi connectivity index (χ0n) is 13.1. The minimum atomic E-state index is -0.264. The van der Waals surface area contributed by atoms with Gasteiger partial charge in [-0.05, 0) is 38.9 Å². The molecule has 0 aliphatic carbocycles. The van der Waals surface area contributed by atoms with Crippen LogP contribution in [-0.4, -0.2) is 36.1 Å². The fraction of sp³-hybridized carbons (Fsp3) is 0.412. The van der Waals surface area contributed by atoms with Gasteiger partial charge in [-0.1, -0.05) is 12.1 Å². The van der Waals surface area contributed by atoms with Crippen LogP contribution in [0, 0.1) is 19.7 Å². The van der Waals surface area contributed by atoms with Crippen molar-refractivity contribution in [2.24, 2.45) is 0 Å². The fourth-order valence-corrected chi connectivity index (χ4v) is 2.74. The van der Waals surface area contributed by atoms with Gasteiger partial charge in [-0.3, -0.25) is 0 Å². The number of nitrogens with zero attached hydrogens (tertiary/aromatic N) is 3. The largest absolute Gasteiger partial charge is 0.355 e. The topological polar surface area (TPSA) is 41.1 Å². The van der Waals surface area contributed by atoms with Crippen LogP contribution in [0.1, 0.15) is 17.7 Å². The SMILES string of the molecule is Cc1nc(-c2cccc(F)c2)nc(N2CCCNCC2)c1C. The van der Waals surface area contributed by atoms with Gasteiger partial charge in [-0.2, -0.15) is 0 Å². The first-order valence-corrected chi connectivity index (χ1v) is 7.72. The summed E-state index contributed by atoms with van der Waals surface area (Å²) in [7, 11) is 0. The average Bonchev–Trinajstić information content (AvgIpc) is 2.79. The lowest BCUT2D eigenvalue weighted by molar-refractivity contribution is 0.628. The monoisotopic (exact) mass is 300 g/mol. The Bertz CT molecular complexity index is 664. The van der Waals surface area contributed by atoms with E-state index < -0.39 is 0 Å². The van der Waals surface area contributed by atoms with Crippen molar-refractivity contribution in [1.82, 2.24) is 15.3 Å². The van der Waals surface area contributed by atoms with E-state index in [2.05, 4.69) is 22.1 Å². The quantitative estimate of drug-likeness (QED) is 0.926. The predicted octanol–water partition coefficient (Wildman–Crippen LogP) is 2.70. The van der Waals surface area contributed by atoms with Crippen molar-refractivity contribution < 1.29 is 4.39 Å². The van der Waals surface area contributed by atoms with Gasteiger partial charge in [0.25, 0.3) is 0 Å². The van der Waals surface area contributed by atoms with E-state index in [1.54, 1.807) is 6.07 Å². The van der Waals surface area contributed by atoms with E-state index in [1.807, 2.05) is 13.0 Å². The third-order valence-electron chi connectivity index (χ3n) is 4.09. The minimum Gasteiger partial charge on any atom is -0.355 e. The summed E-state index contributed by atoms with van der Waals surface area (Å²) < 4.78 is 13.5. The Morgan fingerprint density at radius 1 is 1.14 bits per heavy atom. The molecule has 1 N–H and O–H groups in total.